The Morgan fingerprint density at radius 1 is 1.62 bits per heavy atom. The fraction of sp³-hybridized carbons (Fsp3) is 0.900. The van der Waals surface area contributed by atoms with Gasteiger partial charge in [0, 0.05) is 13.0 Å². The molecule has 1 aliphatic heterocycles. The molecular weight excluding hydrogens is 166 g/mol. The monoisotopic (exact) mass is 185 g/mol. The van der Waals surface area contributed by atoms with Crippen molar-refractivity contribution in [1.82, 2.24) is 4.90 Å². The highest BCUT2D eigenvalue weighted by atomic mass is 16.5. The minimum absolute atomic E-state index is 0.253. The second-order valence-electron chi connectivity index (χ2n) is 3.77. The zero-order chi connectivity index (χ0) is 9.84. The van der Waals surface area contributed by atoms with Crippen LogP contribution in [0.1, 0.15) is 33.6 Å². The maximum absolute atomic E-state index is 11.3. The Kier molecular flexibility index (Phi) is 3.72. The van der Waals surface area contributed by atoms with Crippen molar-refractivity contribution < 1.29 is 9.53 Å². The third-order valence-electron chi connectivity index (χ3n) is 2.39. The van der Waals surface area contributed by atoms with E-state index in [0.29, 0.717) is 19.1 Å². The molecule has 0 bridgehead atoms. The molecule has 0 aromatic heterocycles. The number of amides is 1. The van der Waals surface area contributed by atoms with E-state index in [9.17, 15) is 4.79 Å². The fourth-order valence-corrected chi connectivity index (χ4v) is 1.45. The van der Waals surface area contributed by atoms with Crippen molar-refractivity contribution in [2.24, 2.45) is 0 Å². The van der Waals surface area contributed by atoms with Crippen LogP contribution < -0.4 is 0 Å². The summed E-state index contributed by atoms with van der Waals surface area (Å²) < 4.78 is 5.48. The van der Waals surface area contributed by atoms with E-state index in [0.717, 1.165) is 13.0 Å². The van der Waals surface area contributed by atoms with E-state index in [-0.39, 0.29) is 12.0 Å². The van der Waals surface area contributed by atoms with Gasteiger partial charge in [-0.25, -0.2) is 0 Å². The predicted octanol–water partition coefficient (Wildman–Crippen LogP) is 1.42. The van der Waals surface area contributed by atoms with Gasteiger partial charge in [0.25, 0.3) is 0 Å². The second-order valence-corrected chi connectivity index (χ2v) is 3.77. The van der Waals surface area contributed by atoms with Gasteiger partial charge in [0.05, 0.1) is 18.8 Å². The van der Waals surface area contributed by atoms with E-state index in [2.05, 4.69) is 0 Å². The highest BCUT2D eigenvalue weighted by molar-refractivity contribution is 5.77. The van der Waals surface area contributed by atoms with Crippen molar-refractivity contribution in [3.8, 4) is 0 Å². The first-order valence-corrected chi connectivity index (χ1v) is 5.06. The number of ether oxygens (including phenoxy) is 1. The number of rotatable bonds is 4. The molecule has 0 spiro atoms. The number of likely N-dealkylation sites (tertiary alicyclic amines) is 1. The van der Waals surface area contributed by atoms with Crippen molar-refractivity contribution in [3.05, 3.63) is 0 Å². The maximum Gasteiger partial charge on any atom is 0.222 e. The molecule has 0 N–H and O–H groups in total. The van der Waals surface area contributed by atoms with Crippen LogP contribution in [0.2, 0.25) is 0 Å². The quantitative estimate of drug-likeness (QED) is 0.663. The van der Waals surface area contributed by atoms with Crippen molar-refractivity contribution in [3.63, 3.8) is 0 Å². The summed E-state index contributed by atoms with van der Waals surface area (Å²) in [5.41, 5.74) is 0. The summed E-state index contributed by atoms with van der Waals surface area (Å²) in [5.74, 6) is 0.253. The van der Waals surface area contributed by atoms with Crippen molar-refractivity contribution in [2.75, 3.05) is 13.2 Å². The summed E-state index contributed by atoms with van der Waals surface area (Å²) in [6.45, 7) is 7.55. The molecule has 1 saturated heterocycles. The van der Waals surface area contributed by atoms with E-state index in [1.165, 1.54) is 0 Å². The molecule has 0 saturated carbocycles. The lowest BCUT2D eigenvalue weighted by molar-refractivity contribution is -0.141. The van der Waals surface area contributed by atoms with Gasteiger partial charge in [0.2, 0.25) is 5.91 Å². The molecule has 1 atom stereocenters. The summed E-state index contributed by atoms with van der Waals surface area (Å²) in [5, 5.41) is 0. The first kappa shape index (κ1) is 10.5. The standard InChI is InChI=1S/C10H19NO2/c1-4-10(12)11-6-5-9(11)7-13-8(2)3/h8-9H,4-7H2,1-3H3. The average molecular weight is 185 g/mol. The predicted molar refractivity (Wildman–Crippen MR) is 51.5 cm³/mol. The van der Waals surface area contributed by atoms with E-state index >= 15 is 0 Å². The summed E-state index contributed by atoms with van der Waals surface area (Å²) in [6.07, 6.45) is 1.97. The zero-order valence-electron chi connectivity index (χ0n) is 8.75. The molecule has 1 heterocycles. The molecule has 76 valence electrons. The van der Waals surface area contributed by atoms with Crippen molar-refractivity contribution >= 4 is 5.91 Å². The normalized spacial score (nSPS) is 21.8. The average Bonchev–Trinajstić information content (AvgIpc) is 2.01. The molecular formula is C10H19NO2. The lowest BCUT2D eigenvalue weighted by Crippen LogP contribution is -2.53. The molecule has 0 aromatic rings. The highest BCUT2D eigenvalue weighted by Gasteiger charge is 2.31. The van der Waals surface area contributed by atoms with E-state index in [4.69, 9.17) is 4.74 Å². The summed E-state index contributed by atoms with van der Waals surface area (Å²) >= 11 is 0. The first-order chi connectivity index (χ1) is 6.15. The molecule has 1 amide bonds. The lowest BCUT2D eigenvalue weighted by Gasteiger charge is -2.41. The third kappa shape index (κ3) is 2.69. The molecule has 3 nitrogen and oxygen atoms in total. The number of hydrogen-bond donors (Lipinski definition) is 0. The molecule has 1 fully saturated rings. The van der Waals surface area contributed by atoms with Gasteiger partial charge < -0.3 is 9.64 Å². The SMILES string of the molecule is CCC(=O)N1CCC1COC(C)C. The molecule has 1 aliphatic rings. The van der Waals surface area contributed by atoms with E-state index in [1.54, 1.807) is 0 Å². The largest absolute Gasteiger partial charge is 0.377 e. The third-order valence-corrected chi connectivity index (χ3v) is 2.39. The highest BCUT2D eigenvalue weighted by Crippen LogP contribution is 2.18. The minimum Gasteiger partial charge on any atom is -0.377 e. The van der Waals surface area contributed by atoms with E-state index < -0.39 is 0 Å². The lowest BCUT2D eigenvalue weighted by atomic mass is 10.0. The Bertz CT molecular complexity index is 180. The van der Waals surface area contributed by atoms with Crippen LogP contribution in [0.5, 0.6) is 0 Å². The molecule has 0 radical (unpaired) electrons. The Labute approximate surface area is 80.1 Å². The molecule has 0 aromatic carbocycles. The van der Waals surface area contributed by atoms with Gasteiger partial charge in [-0.05, 0) is 20.3 Å². The topological polar surface area (TPSA) is 29.5 Å². The minimum atomic E-state index is 0.253. The molecule has 0 aliphatic carbocycles. The number of carbonyl (C=O) groups excluding carboxylic acids is 1. The Morgan fingerprint density at radius 3 is 2.69 bits per heavy atom. The van der Waals surface area contributed by atoms with Gasteiger partial charge in [0.15, 0.2) is 0 Å². The smallest absolute Gasteiger partial charge is 0.222 e. The van der Waals surface area contributed by atoms with Crippen LogP contribution >= 0.6 is 0 Å². The van der Waals surface area contributed by atoms with Gasteiger partial charge >= 0.3 is 0 Å². The van der Waals surface area contributed by atoms with Crippen molar-refractivity contribution in [2.45, 2.75) is 45.8 Å². The van der Waals surface area contributed by atoms with Crippen molar-refractivity contribution in [1.29, 1.82) is 0 Å². The number of nitrogens with zero attached hydrogens (tertiary/aromatic N) is 1. The number of carbonyl (C=O) groups is 1. The summed E-state index contributed by atoms with van der Waals surface area (Å²) in [4.78, 5) is 13.2. The van der Waals surface area contributed by atoms with Gasteiger partial charge in [0.1, 0.15) is 0 Å². The molecule has 1 unspecified atom stereocenters. The van der Waals surface area contributed by atoms with Gasteiger partial charge in [-0.1, -0.05) is 6.92 Å². The van der Waals surface area contributed by atoms with Crippen LogP contribution in [-0.4, -0.2) is 36.1 Å². The van der Waals surface area contributed by atoms with E-state index in [1.807, 2.05) is 25.7 Å². The fourth-order valence-electron chi connectivity index (χ4n) is 1.45. The summed E-state index contributed by atoms with van der Waals surface area (Å²) in [7, 11) is 0. The summed E-state index contributed by atoms with van der Waals surface area (Å²) in [6, 6.07) is 0.342. The molecule has 3 heteroatoms. The van der Waals surface area contributed by atoms with Crippen LogP contribution in [0.3, 0.4) is 0 Å². The zero-order valence-corrected chi connectivity index (χ0v) is 8.75. The van der Waals surface area contributed by atoms with Crippen LogP contribution in [0.25, 0.3) is 0 Å². The maximum atomic E-state index is 11.3. The Balaban J connectivity index is 2.24. The molecule has 13 heavy (non-hydrogen) atoms. The van der Waals surface area contributed by atoms with Gasteiger partial charge in [-0.3, -0.25) is 4.79 Å². The number of hydrogen-bond acceptors (Lipinski definition) is 2. The van der Waals surface area contributed by atoms with Gasteiger partial charge in [-0.15, -0.1) is 0 Å². The molecule has 1 rings (SSSR count). The van der Waals surface area contributed by atoms with Crippen LogP contribution in [0.15, 0.2) is 0 Å². The van der Waals surface area contributed by atoms with Crippen LogP contribution in [0.4, 0.5) is 0 Å². The van der Waals surface area contributed by atoms with Crippen LogP contribution in [-0.2, 0) is 9.53 Å². The second kappa shape index (κ2) is 4.61. The first-order valence-electron chi connectivity index (χ1n) is 5.06. The van der Waals surface area contributed by atoms with Crippen LogP contribution in [0, 0.1) is 0 Å². The Morgan fingerprint density at radius 2 is 2.31 bits per heavy atom. The van der Waals surface area contributed by atoms with Gasteiger partial charge in [-0.2, -0.15) is 0 Å². The Hall–Kier alpha value is -0.570.